The molecule has 1 aromatic rings. The second-order valence-corrected chi connectivity index (χ2v) is 5.15. The molecule has 0 saturated heterocycles. The smallest absolute Gasteiger partial charge is 0.224 e. The molecule has 0 aliphatic heterocycles. The van der Waals surface area contributed by atoms with Gasteiger partial charge in [-0.2, -0.15) is 0 Å². The van der Waals surface area contributed by atoms with Gasteiger partial charge in [0.2, 0.25) is 5.91 Å². The van der Waals surface area contributed by atoms with E-state index >= 15 is 0 Å². The van der Waals surface area contributed by atoms with Gasteiger partial charge in [0, 0.05) is 30.9 Å². The van der Waals surface area contributed by atoms with Crippen LogP contribution in [0.4, 0.5) is 11.4 Å². The molecule has 20 heavy (non-hydrogen) atoms. The van der Waals surface area contributed by atoms with Gasteiger partial charge in [0.15, 0.2) is 0 Å². The fourth-order valence-electron chi connectivity index (χ4n) is 2.06. The van der Waals surface area contributed by atoms with Gasteiger partial charge in [0.05, 0.1) is 0 Å². The van der Waals surface area contributed by atoms with E-state index in [4.69, 9.17) is 5.73 Å². The molecule has 1 amide bonds. The van der Waals surface area contributed by atoms with Crippen molar-refractivity contribution in [3.63, 3.8) is 0 Å². The molecule has 112 valence electrons. The van der Waals surface area contributed by atoms with Crippen molar-refractivity contribution in [3.05, 3.63) is 24.3 Å². The molecule has 1 rings (SSSR count). The molecule has 0 heterocycles. The first-order valence-electron chi connectivity index (χ1n) is 7.45. The lowest BCUT2D eigenvalue weighted by molar-refractivity contribution is -0.116. The van der Waals surface area contributed by atoms with Gasteiger partial charge in [-0.15, -0.1) is 0 Å². The maximum atomic E-state index is 11.8. The number of carbonyl (C=O) groups excluding carboxylic acids is 1. The summed E-state index contributed by atoms with van der Waals surface area (Å²) in [7, 11) is 0. The Balaban J connectivity index is 2.50. The minimum atomic E-state index is 0.0564. The molecule has 0 aliphatic carbocycles. The first-order valence-corrected chi connectivity index (χ1v) is 7.45. The highest BCUT2D eigenvalue weighted by Gasteiger charge is 2.06. The summed E-state index contributed by atoms with van der Waals surface area (Å²) in [6.07, 6.45) is 1.36. The fourth-order valence-corrected chi connectivity index (χ4v) is 2.06. The van der Waals surface area contributed by atoms with Crippen molar-refractivity contribution < 1.29 is 4.79 Å². The van der Waals surface area contributed by atoms with Gasteiger partial charge in [-0.25, -0.2) is 0 Å². The quantitative estimate of drug-likeness (QED) is 0.768. The predicted molar refractivity (Wildman–Crippen MR) is 86.1 cm³/mol. The van der Waals surface area contributed by atoms with Gasteiger partial charge in [-0.1, -0.05) is 6.92 Å². The SMILES string of the molecule is CCN(CC)c1ccc(NC(=O)CCC(C)CN)cc1. The van der Waals surface area contributed by atoms with Gasteiger partial charge < -0.3 is 16.0 Å². The second kappa shape index (κ2) is 8.59. The van der Waals surface area contributed by atoms with Crippen molar-refractivity contribution in [2.45, 2.75) is 33.6 Å². The Labute approximate surface area is 122 Å². The van der Waals surface area contributed by atoms with Crippen LogP contribution in [0, 0.1) is 5.92 Å². The Morgan fingerprint density at radius 3 is 2.35 bits per heavy atom. The van der Waals surface area contributed by atoms with Gasteiger partial charge in [0.25, 0.3) is 0 Å². The van der Waals surface area contributed by atoms with E-state index in [1.165, 1.54) is 5.69 Å². The van der Waals surface area contributed by atoms with Crippen LogP contribution >= 0.6 is 0 Å². The summed E-state index contributed by atoms with van der Waals surface area (Å²) in [5, 5.41) is 2.93. The number of nitrogens with zero attached hydrogens (tertiary/aromatic N) is 1. The summed E-state index contributed by atoms with van der Waals surface area (Å²) in [4.78, 5) is 14.1. The van der Waals surface area contributed by atoms with Gasteiger partial charge in [-0.05, 0) is 57.0 Å². The van der Waals surface area contributed by atoms with Crippen LogP contribution in [0.2, 0.25) is 0 Å². The number of hydrogen-bond acceptors (Lipinski definition) is 3. The number of rotatable bonds is 8. The lowest BCUT2D eigenvalue weighted by Crippen LogP contribution is -2.21. The summed E-state index contributed by atoms with van der Waals surface area (Å²) in [5.74, 6) is 0.451. The van der Waals surface area contributed by atoms with Gasteiger partial charge >= 0.3 is 0 Å². The molecule has 0 bridgehead atoms. The Morgan fingerprint density at radius 2 is 1.85 bits per heavy atom. The van der Waals surface area contributed by atoms with Crippen LogP contribution in [0.5, 0.6) is 0 Å². The molecular formula is C16H27N3O. The number of nitrogens with two attached hydrogens (primary N) is 1. The number of carbonyl (C=O) groups is 1. The fraction of sp³-hybridized carbons (Fsp3) is 0.562. The monoisotopic (exact) mass is 277 g/mol. The standard InChI is InChI=1S/C16H27N3O/c1-4-19(5-2)15-9-7-14(8-10-15)18-16(20)11-6-13(3)12-17/h7-10,13H,4-6,11-12,17H2,1-3H3,(H,18,20). The van der Waals surface area contributed by atoms with Crippen LogP contribution in [-0.4, -0.2) is 25.5 Å². The highest BCUT2D eigenvalue weighted by molar-refractivity contribution is 5.90. The molecule has 0 aliphatic rings. The Hall–Kier alpha value is -1.55. The van der Waals surface area contributed by atoms with E-state index in [1.807, 2.05) is 24.3 Å². The van der Waals surface area contributed by atoms with Crippen LogP contribution < -0.4 is 16.0 Å². The van der Waals surface area contributed by atoms with E-state index in [9.17, 15) is 4.79 Å². The minimum Gasteiger partial charge on any atom is -0.372 e. The third kappa shape index (κ3) is 5.21. The summed E-state index contributed by atoms with van der Waals surface area (Å²) in [6, 6.07) is 8.01. The highest BCUT2D eigenvalue weighted by Crippen LogP contribution is 2.18. The topological polar surface area (TPSA) is 58.4 Å². The zero-order chi connectivity index (χ0) is 15.0. The van der Waals surface area contributed by atoms with Crippen molar-refractivity contribution in [3.8, 4) is 0 Å². The Kier molecular flexibility index (Phi) is 7.09. The maximum Gasteiger partial charge on any atom is 0.224 e. The minimum absolute atomic E-state index is 0.0564. The average Bonchev–Trinajstić information content (AvgIpc) is 2.47. The normalized spacial score (nSPS) is 12.0. The molecule has 3 N–H and O–H groups in total. The summed E-state index contributed by atoms with van der Waals surface area (Å²) >= 11 is 0. The van der Waals surface area contributed by atoms with Crippen LogP contribution in [0.3, 0.4) is 0 Å². The third-order valence-corrected chi connectivity index (χ3v) is 3.55. The van der Waals surface area contributed by atoms with E-state index in [1.54, 1.807) is 0 Å². The first-order chi connectivity index (χ1) is 9.60. The molecular weight excluding hydrogens is 250 g/mol. The molecule has 0 aromatic heterocycles. The molecule has 0 spiro atoms. The zero-order valence-electron chi connectivity index (χ0n) is 12.9. The molecule has 0 fully saturated rings. The van der Waals surface area contributed by atoms with E-state index in [2.05, 4.69) is 31.0 Å². The summed E-state index contributed by atoms with van der Waals surface area (Å²) in [6.45, 7) is 8.94. The second-order valence-electron chi connectivity index (χ2n) is 5.15. The summed E-state index contributed by atoms with van der Waals surface area (Å²) < 4.78 is 0. The zero-order valence-corrected chi connectivity index (χ0v) is 12.9. The van der Waals surface area contributed by atoms with Crippen LogP contribution in [-0.2, 0) is 4.79 Å². The average molecular weight is 277 g/mol. The van der Waals surface area contributed by atoms with Gasteiger partial charge in [0.1, 0.15) is 0 Å². The number of amides is 1. The van der Waals surface area contributed by atoms with Crippen LogP contribution in [0.15, 0.2) is 24.3 Å². The maximum absolute atomic E-state index is 11.8. The molecule has 1 atom stereocenters. The van der Waals surface area contributed by atoms with Crippen molar-refractivity contribution in [1.82, 2.24) is 0 Å². The molecule has 4 heteroatoms. The van der Waals surface area contributed by atoms with Gasteiger partial charge in [-0.3, -0.25) is 4.79 Å². The van der Waals surface area contributed by atoms with E-state index < -0.39 is 0 Å². The lowest BCUT2D eigenvalue weighted by atomic mass is 10.1. The van der Waals surface area contributed by atoms with Crippen molar-refractivity contribution in [1.29, 1.82) is 0 Å². The number of hydrogen-bond donors (Lipinski definition) is 2. The van der Waals surface area contributed by atoms with E-state index in [-0.39, 0.29) is 5.91 Å². The van der Waals surface area contributed by atoms with Crippen molar-refractivity contribution in [2.75, 3.05) is 29.9 Å². The summed E-state index contributed by atoms with van der Waals surface area (Å²) in [5.41, 5.74) is 7.58. The molecule has 0 radical (unpaired) electrons. The molecule has 1 unspecified atom stereocenters. The molecule has 4 nitrogen and oxygen atoms in total. The van der Waals surface area contributed by atoms with Crippen LogP contribution in [0.25, 0.3) is 0 Å². The van der Waals surface area contributed by atoms with Crippen LogP contribution in [0.1, 0.15) is 33.6 Å². The van der Waals surface area contributed by atoms with Crippen molar-refractivity contribution in [2.24, 2.45) is 11.7 Å². The third-order valence-electron chi connectivity index (χ3n) is 3.55. The van der Waals surface area contributed by atoms with Crippen molar-refractivity contribution >= 4 is 17.3 Å². The Morgan fingerprint density at radius 1 is 1.25 bits per heavy atom. The molecule has 1 aromatic carbocycles. The van der Waals surface area contributed by atoms with E-state index in [0.717, 1.165) is 25.2 Å². The predicted octanol–water partition coefficient (Wildman–Crippen LogP) is 2.85. The largest absolute Gasteiger partial charge is 0.372 e. The number of nitrogens with one attached hydrogen (secondary N) is 1. The first kappa shape index (κ1) is 16.5. The highest BCUT2D eigenvalue weighted by atomic mass is 16.1. The number of anilines is 2. The van der Waals surface area contributed by atoms with E-state index in [0.29, 0.717) is 18.9 Å². The number of benzene rings is 1. The lowest BCUT2D eigenvalue weighted by Gasteiger charge is -2.21. The molecule has 0 saturated carbocycles. The Bertz CT molecular complexity index is 399.